The molecule has 1 atom stereocenters. The van der Waals surface area contributed by atoms with Gasteiger partial charge in [0.25, 0.3) is 5.91 Å². The number of carbonyl (C=O) groups is 1. The van der Waals surface area contributed by atoms with Crippen molar-refractivity contribution >= 4 is 11.6 Å². The number of hydrogen-bond donors (Lipinski definition) is 0. The van der Waals surface area contributed by atoms with E-state index in [-0.39, 0.29) is 11.9 Å². The summed E-state index contributed by atoms with van der Waals surface area (Å²) in [6.07, 6.45) is 4.32. The highest BCUT2D eigenvalue weighted by Gasteiger charge is 2.23. The van der Waals surface area contributed by atoms with E-state index in [1.165, 1.54) is 0 Å². The molecule has 5 nitrogen and oxygen atoms in total. The van der Waals surface area contributed by atoms with Crippen LogP contribution in [-0.2, 0) is 0 Å². The zero-order valence-corrected chi connectivity index (χ0v) is 14.1. The molecule has 24 heavy (non-hydrogen) atoms. The molecule has 0 bridgehead atoms. The lowest BCUT2D eigenvalue weighted by molar-refractivity contribution is 0.0719. The largest absolute Gasteiger partial charge is 0.497 e. The number of nitrogens with zero attached hydrogens (tertiary/aromatic N) is 3. The molecule has 1 aromatic carbocycles. The molecule has 1 amide bonds. The third kappa shape index (κ3) is 2.85. The summed E-state index contributed by atoms with van der Waals surface area (Å²) in [4.78, 5) is 19.0. The third-order valence-electron chi connectivity index (χ3n) is 4.31. The molecule has 0 aliphatic carbocycles. The van der Waals surface area contributed by atoms with E-state index in [4.69, 9.17) is 4.74 Å². The second kappa shape index (κ2) is 6.74. The first kappa shape index (κ1) is 16.1. The number of ether oxygens (including phenoxy) is 1. The average Bonchev–Trinajstić information content (AvgIpc) is 3.06. The van der Waals surface area contributed by atoms with Crippen molar-refractivity contribution < 1.29 is 9.53 Å². The Morgan fingerprint density at radius 3 is 2.67 bits per heavy atom. The minimum Gasteiger partial charge on any atom is -0.497 e. The van der Waals surface area contributed by atoms with E-state index >= 15 is 0 Å². The molecule has 1 unspecified atom stereocenters. The molecule has 0 aliphatic rings. The van der Waals surface area contributed by atoms with Gasteiger partial charge in [0.1, 0.15) is 17.1 Å². The number of carbonyl (C=O) groups excluding carboxylic acids is 1. The van der Waals surface area contributed by atoms with Crippen molar-refractivity contribution in [2.45, 2.75) is 19.4 Å². The minimum absolute atomic E-state index is 0.00216. The minimum atomic E-state index is -0.0450. The van der Waals surface area contributed by atoms with Crippen LogP contribution in [-0.4, -0.2) is 34.3 Å². The van der Waals surface area contributed by atoms with Gasteiger partial charge in [0, 0.05) is 13.2 Å². The molecule has 3 aromatic rings. The number of benzene rings is 1. The first-order chi connectivity index (χ1) is 11.7. The van der Waals surface area contributed by atoms with Crippen LogP contribution in [0.4, 0.5) is 0 Å². The Balaban J connectivity index is 1.90. The van der Waals surface area contributed by atoms with E-state index in [9.17, 15) is 4.79 Å². The number of rotatable bonds is 5. The summed E-state index contributed by atoms with van der Waals surface area (Å²) in [6.45, 7) is 2.08. The van der Waals surface area contributed by atoms with Crippen molar-refractivity contribution in [3.8, 4) is 5.75 Å². The zero-order chi connectivity index (χ0) is 17.1. The van der Waals surface area contributed by atoms with Crippen LogP contribution in [0.15, 0.2) is 54.9 Å². The van der Waals surface area contributed by atoms with E-state index in [1.54, 1.807) is 18.2 Å². The van der Waals surface area contributed by atoms with Crippen LogP contribution < -0.4 is 4.74 Å². The van der Waals surface area contributed by atoms with Crippen molar-refractivity contribution in [3.05, 3.63) is 66.1 Å². The third-order valence-corrected chi connectivity index (χ3v) is 4.31. The maximum atomic E-state index is 13.0. The predicted octanol–water partition coefficient (Wildman–Crippen LogP) is 3.57. The number of fused-ring (bicyclic) bond motifs is 1. The molecule has 0 aliphatic heterocycles. The molecule has 3 rings (SSSR count). The van der Waals surface area contributed by atoms with Crippen LogP contribution in [0.3, 0.4) is 0 Å². The molecule has 5 heteroatoms. The summed E-state index contributed by atoms with van der Waals surface area (Å²) < 4.78 is 7.02. The number of methoxy groups -OCH3 is 1. The summed E-state index contributed by atoms with van der Waals surface area (Å²) >= 11 is 0. The van der Waals surface area contributed by atoms with Gasteiger partial charge in [-0.2, -0.15) is 0 Å². The lowest BCUT2D eigenvalue weighted by Crippen LogP contribution is -2.31. The number of pyridine rings is 1. The van der Waals surface area contributed by atoms with Gasteiger partial charge in [0.2, 0.25) is 0 Å². The van der Waals surface area contributed by atoms with Gasteiger partial charge in [0.05, 0.1) is 19.3 Å². The Morgan fingerprint density at radius 2 is 2.00 bits per heavy atom. The molecule has 0 N–H and O–H groups in total. The number of hydrogen-bond acceptors (Lipinski definition) is 3. The molecule has 124 valence electrons. The highest BCUT2D eigenvalue weighted by Crippen LogP contribution is 2.26. The number of aromatic nitrogens is 2. The van der Waals surface area contributed by atoms with Gasteiger partial charge in [-0.15, -0.1) is 0 Å². The Hall–Kier alpha value is -2.82. The molecule has 0 saturated carbocycles. The van der Waals surface area contributed by atoms with Gasteiger partial charge in [-0.05, 0) is 36.2 Å². The fourth-order valence-electron chi connectivity index (χ4n) is 2.97. The quantitative estimate of drug-likeness (QED) is 0.721. The maximum Gasteiger partial charge on any atom is 0.272 e. The fraction of sp³-hybridized carbons (Fsp3) is 0.263. The molecular formula is C19H21N3O2. The van der Waals surface area contributed by atoms with Crippen LogP contribution in [0.5, 0.6) is 5.75 Å². The highest BCUT2D eigenvalue weighted by molar-refractivity contribution is 5.93. The van der Waals surface area contributed by atoms with Crippen LogP contribution in [0.25, 0.3) is 5.65 Å². The summed E-state index contributed by atoms with van der Waals surface area (Å²) in [7, 11) is 3.48. The van der Waals surface area contributed by atoms with Crippen molar-refractivity contribution in [1.29, 1.82) is 0 Å². The first-order valence-corrected chi connectivity index (χ1v) is 7.99. The van der Waals surface area contributed by atoms with Crippen molar-refractivity contribution in [1.82, 2.24) is 14.3 Å². The Labute approximate surface area is 141 Å². The van der Waals surface area contributed by atoms with Crippen molar-refractivity contribution in [3.63, 3.8) is 0 Å². The van der Waals surface area contributed by atoms with E-state index in [1.807, 2.05) is 60.1 Å². The van der Waals surface area contributed by atoms with Crippen LogP contribution in [0.2, 0.25) is 0 Å². The van der Waals surface area contributed by atoms with E-state index in [0.29, 0.717) is 5.69 Å². The summed E-state index contributed by atoms with van der Waals surface area (Å²) in [5, 5.41) is 0. The average molecular weight is 323 g/mol. The Bertz CT molecular complexity index is 839. The zero-order valence-electron chi connectivity index (χ0n) is 14.1. The fourth-order valence-corrected chi connectivity index (χ4v) is 2.97. The van der Waals surface area contributed by atoms with Crippen molar-refractivity contribution in [2.75, 3.05) is 14.2 Å². The lowest BCUT2D eigenvalue weighted by atomic mass is 10.0. The molecule has 0 saturated heterocycles. The van der Waals surface area contributed by atoms with Crippen LogP contribution >= 0.6 is 0 Å². The molecule has 2 heterocycles. The van der Waals surface area contributed by atoms with Gasteiger partial charge < -0.3 is 9.64 Å². The monoisotopic (exact) mass is 323 g/mol. The molecule has 0 spiro atoms. The predicted molar refractivity (Wildman–Crippen MR) is 93.3 cm³/mol. The van der Waals surface area contributed by atoms with E-state index < -0.39 is 0 Å². The van der Waals surface area contributed by atoms with Crippen molar-refractivity contribution in [2.24, 2.45) is 0 Å². The van der Waals surface area contributed by atoms with E-state index in [0.717, 1.165) is 23.4 Å². The normalized spacial score (nSPS) is 12.1. The number of imidazole rings is 1. The molecular weight excluding hydrogens is 302 g/mol. The summed E-state index contributed by atoms with van der Waals surface area (Å²) in [5.74, 6) is 0.765. The standard InChI is InChI=1S/C19H21N3O2/c1-4-16(14-8-10-15(24-3)11-9-14)21(2)19(23)17-13-20-18-7-5-6-12-22(17)18/h5-13,16H,4H2,1-3H3. The van der Waals surface area contributed by atoms with Gasteiger partial charge in [-0.3, -0.25) is 9.20 Å². The van der Waals surface area contributed by atoms with Gasteiger partial charge >= 0.3 is 0 Å². The second-order valence-electron chi connectivity index (χ2n) is 5.69. The van der Waals surface area contributed by atoms with E-state index in [2.05, 4.69) is 11.9 Å². The van der Waals surface area contributed by atoms with Gasteiger partial charge in [-0.1, -0.05) is 25.1 Å². The smallest absolute Gasteiger partial charge is 0.272 e. The molecule has 0 radical (unpaired) electrons. The second-order valence-corrected chi connectivity index (χ2v) is 5.69. The topological polar surface area (TPSA) is 46.8 Å². The summed E-state index contributed by atoms with van der Waals surface area (Å²) in [6, 6.07) is 13.5. The van der Waals surface area contributed by atoms with Gasteiger partial charge in [-0.25, -0.2) is 4.98 Å². The van der Waals surface area contributed by atoms with Gasteiger partial charge in [0.15, 0.2) is 0 Å². The van der Waals surface area contributed by atoms with Crippen LogP contribution in [0.1, 0.15) is 35.4 Å². The highest BCUT2D eigenvalue weighted by atomic mass is 16.5. The summed E-state index contributed by atoms with van der Waals surface area (Å²) in [5.41, 5.74) is 2.43. The van der Waals surface area contributed by atoms with Crippen LogP contribution in [0, 0.1) is 0 Å². The molecule has 0 fully saturated rings. The Morgan fingerprint density at radius 1 is 1.25 bits per heavy atom. The molecule has 2 aromatic heterocycles. The number of amides is 1. The SMILES string of the molecule is CCC(c1ccc(OC)cc1)N(C)C(=O)c1cnc2ccccn12. The maximum absolute atomic E-state index is 13.0. The first-order valence-electron chi connectivity index (χ1n) is 7.99. The lowest BCUT2D eigenvalue weighted by Gasteiger charge is -2.27. The Kier molecular flexibility index (Phi) is 4.51.